The Hall–Kier alpha value is -0.290. The van der Waals surface area contributed by atoms with Gasteiger partial charge in [0.1, 0.15) is 0 Å². The molecule has 1 unspecified atom stereocenters. The summed E-state index contributed by atoms with van der Waals surface area (Å²) < 4.78 is 2.12. The lowest BCUT2D eigenvalue weighted by Gasteiger charge is -2.17. The van der Waals surface area contributed by atoms with Crippen molar-refractivity contribution in [3.63, 3.8) is 0 Å². The van der Waals surface area contributed by atoms with Crippen LogP contribution in [0.1, 0.15) is 13.3 Å². The predicted octanol–water partition coefficient (Wildman–Crippen LogP) is 5.49. The molecule has 0 amide bonds. The van der Waals surface area contributed by atoms with Crippen molar-refractivity contribution in [2.75, 3.05) is 11.5 Å². The average Bonchev–Trinajstić information content (AvgIpc) is 2.95. The highest BCUT2D eigenvalue weighted by Gasteiger charge is 2.14. The SMILES string of the molecule is CCCSCC(Cn1ccnc1)Sc1ccc(Cl)cc1Cl. The number of aromatic nitrogens is 2. The molecule has 1 aromatic carbocycles. The molecule has 0 fully saturated rings. The van der Waals surface area contributed by atoms with Gasteiger partial charge in [-0.15, -0.1) is 11.8 Å². The Bertz CT molecular complexity index is 547. The molecule has 0 aliphatic heterocycles. The average molecular weight is 361 g/mol. The van der Waals surface area contributed by atoms with E-state index in [4.69, 9.17) is 23.2 Å². The Morgan fingerprint density at radius 1 is 1.33 bits per heavy atom. The van der Waals surface area contributed by atoms with E-state index in [0.717, 1.165) is 22.2 Å². The normalized spacial score (nSPS) is 12.5. The van der Waals surface area contributed by atoms with Gasteiger partial charge < -0.3 is 4.57 Å². The Morgan fingerprint density at radius 3 is 2.86 bits per heavy atom. The lowest BCUT2D eigenvalue weighted by Crippen LogP contribution is -2.15. The lowest BCUT2D eigenvalue weighted by molar-refractivity contribution is 0.695. The number of hydrogen-bond acceptors (Lipinski definition) is 3. The summed E-state index contributed by atoms with van der Waals surface area (Å²) in [6, 6.07) is 5.70. The van der Waals surface area contributed by atoms with Crippen molar-refractivity contribution in [3.8, 4) is 0 Å². The van der Waals surface area contributed by atoms with Crippen LogP contribution in [0.25, 0.3) is 0 Å². The molecule has 2 aromatic rings. The van der Waals surface area contributed by atoms with Gasteiger partial charge in [-0.1, -0.05) is 30.1 Å². The molecule has 1 heterocycles. The van der Waals surface area contributed by atoms with Gasteiger partial charge in [0.25, 0.3) is 0 Å². The van der Waals surface area contributed by atoms with E-state index in [1.807, 2.05) is 54.4 Å². The van der Waals surface area contributed by atoms with Gasteiger partial charge >= 0.3 is 0 Å². The molecule has 2 nitrogen and oxygen atoms in total. The van der Waals surface area contributed by atoms with E-state index < -0.39 is 0 Å². The minimum absolute atomic E-state index is 0.453. The minimum atomic E-state index is 0.453. The highest BCUT2D eigenvalue weighted by atomic mass is 35.5. The Balaban J connectivity index is 2.03. The van der Waals surface area contributed by atoms with Crippen molar-refractivity contribution in [3.05, 3.63) is 47.0 Å². The van der Waals surface area contributed by atoms with E-state index in [0.29, 0.717) is 10.3 Å². The molecule has 0 radical (unpaired) electrons. The van der Waals surface area contributed by atoms with Crippen molar-refractivity contribution >= 4 is 46.7 Å². The second-order valence-electron chi connectivity index (χ2n) is 4.65. The molecular formula is C15H18Cl2N2S2. The van der Waals surface area contributed by atoms with Gasteiger partial charge in [0.15, 0.2) is 0 Å². The first-order chi connectivity index (χ1) is 10.2. The van der Waals surface area contributed by atoms with Gasteiger partial charge in [0.05, 0.1) is 11.3 Å². The summed E-state index contributed by atoms with van der Waals surface area (Å²) in [6.45, 7) is 3.14. The van der Waals surface area contributed by atoms with Gasteiger partial charge in [0.2, 0.25) is 0 Å². The standard InChI is InChI=1S/C15H18Cl2N2S2/c1-2-7-20-10-13(9-19-6-5-18-11-19)21-15-4-3-12(16)8-14(15)17/h3-6,8,11,13H,2,7,9-10H2,1H3. The van der Waals surface area contributed by atoms with Crippen LogP contribution in [0.3, 0.4) is 0 Å². The van der Waals surface area contributed by atoms with Crippen molar-refractivity contribution in [2.24, 2.45) is 0 Å². The van der Waals surface area contributed by atoms with Gasteiger partial charge in [-0.25, -0.2) is 4.98 Å². The van der Waals surface area contributed by atoms with Crippen LogP contribution >= 0.6 is 46.7 Å². The van der Waals surface area contributed by atoms with Crippen molar-refractivity contribution in [1.29, 1.82) is 0 Å². The zero-order valence-corrected chi connectivity index (χ0v) is 15.0. The molecule has 0 N–H and O–H groups in total. The molecule has 0 aliphatic carbocycles. The molecule has 0 bridgehead atoms. The summed E-state index contributed by atoms with van der Waals surface area (Å²) in [5, 5.41) is 1.86. The Kier molecular flexibility index (Phi) is 7.30. The van der Waals surface area contributed by atoms with Crippen LogP contribution in [0.5, 0.6) is 0 Å². The maximum Gasteiger partial charge on any atom is 0.0946 e. The Labute approximate surface area is 144 Å². The number of imidazole rings is 1. The van der Waals surface area contributed by atoms with Gasteiger partial charge in [-0.2, -0.15) is 11.8 Å². The minimum Gasteiger partial charge on any atom is -0.336 e. The fraction of sp³-hybridized carbons (Fsp3) is 0.400. The van der Waals surface area contributed by atoms with Crippen LogP contribution in [0.4, 0.5) is 0 Å². The molecule has 2 rings (SSSR count). The number of halogens is 2. The first-order valence-corrected chi connectivity index (χ1v) is 9.63. The van der Waals surface area contributed by atoms with Crippen LogP contribution in [0, 0.1) is 0 Å². The molecule has 6 heteroatoms. The smallest absolute Gasteiger partial charge is 0.0946 e. The first kappa shape index (κ1) is 17.1. The topological polar surface area (TPSA) is 17.8 Å². The summed E-state index contributed by atoms with van der Waals surface area (Å²) >= 11 is 16.0. The van der Waals surface area contributed by atoms with Gasteiger partial charge in [0, 0.05) is 39.9 Å². The summed E-state index contributed by atoms with van der Waals surface area (Å²) in [6.07, 6.45) is 6.88. The zero-order valence-electron chi connectivity index (χ0n) is 11.8. The molecule has 0 spiro atoms. The molecular weight excluding hydrogens is 343 g/mol. The lowest BCUT2D eigenvalue weighted by atomic mass is 10.4. The molecule has 1 atom stereocenters. The second kappa shape index (κ2) is 8.99. The predicted molar refractivity (Wildman–Crippen MR) is 96.0 cm³/mol. The van der Waals surface area contributed by atoms with Crippen LogP contribution < -0.4 is 0 Å². The molecule has 114 valence electrons. The molecule has 0 saturated carbocycles. The van der Waals surface area contributed by atoms with Crippen LogP contribution in [-0.2, 0) is 6.54 Å². The molecule has 1 aromatic heterocycles. The summed E-state index contributed by atoms with van der Waals surface area (Å²) in [7, 11) is 0. The van der Waals surface area contributed by atoms with Crippen LogP contribution in [0.15, 0.2) is 41.8 Å². The van der Waals surface area contributed by atoms with E-state index in [-0.39, 0.29) is 0 Å². The zero-order chi connectivity index (χ0) is 15.1. The highest BCUT2D eigenvalue weighted by molar-refractivity contribution is 8.03. The van der Waals surface area contributed by atoms with Crippen LogP contribution in [0.2, 0.25) is 10.0 Å². The fourth-order valence-electron chi connectivity index (χ4n) is 1.86. The number of rotatable bonds is 8. The van der Waals surface area contributed by atoms with E-state index in [2.05, 4.69) is 16.5 Å². The van der Waals surface area contributed by atoms with Crippen molar-refractivity contribution in [2.45, 2.75) is 30.0 Å². The second-order valence-corrected chi connectivity index (χ2v) is 7.98. The van der Waals surface area contributed by atoms with Crippen LogP contribution in [-0.4, -0.2) is 26.3 Å². The highest BCUT2D eigenvalue weighted by Crippen LogP contribution is 2.34. The maximum atomic E-state index is 6.29. The van der Waals surface area contributed by atoms with E-state index in [1.165, 1.54) is 12.2 Å². The summed E-state index contributed by atoms with van der Waals surface area (Å²) in [5.41, 5.74) is 0. The third-order valence-electron chi connectivity index (χ3n) is 2.81. The Morgan fingerprint density at radius 2 is 2.19 bits per heavy atom. The maximum absolute atomic E-state index is 6.29. The molecule has 21 heavy (non-hydrogen) atoms. The van der Waals surface area contributed by atoms with Gasteiger partial charge in [-0.05, 0) is 30.4 Å². The first-order valence-electron chi connectivity index (χ1n) is 6.84. The van der Waals surface area contributed by atoms with Crippen molar-refractivity contribution < 1.29 is 0 Å². The number of thioether (sulfide) groups is 2. The summed E-state index contributed by atoms with van der Waals surface area (Å²) in [4.78, 5) is 5.20. The van der Waals surface area contributed by atoms with Gasteiger partial charge in [-0.3, -0.25) is 0 Å². The van der Waals surface area contributed by atoms with E-state index in [9.17, 15) is 0 Å². The monoisotopic (exact) mass is 360 g/mol. The fourth-order valence-corrected chi connectivity index (χ4v) is 4.71. The largest absolute Gasteiger partial charge is 0.336 e. The summed E-state index contributed by atoms with van der Waals surface area (Å²) in [5.74, 6) is 2.28. The third kappa shape index (κ3) is 5.78. The number of hydrogen-bond donors (Lipinski definition) is 0. The van der Waals surface area contributed by atoms with E-state index >= 15 is 0 Å². The van der Waals surface area contributed by atoms with Crippen molar-refractivity contribution in [1.82, 2.24) is 9.55 Å². The molecule has 0 saturated heterocycles. The van der Waals surface area contributed by atoms with E-state index in [1.54, 1.807) is 6.07 Å². The quantitative estimate of drug-likeness (QED) is 0.457. The molecule has 0 aliphatic rings. The number of nitrogens with zero attached hydrogens (tertiary/aromatic N) is 2. The third-order valence-corrected chi connectivity index (χ3v) is 6.28. The number of benzene rings is 1.